The Balaban J connectivity index is 1.78. The summed E-state index contributed by atoms with van der Waals surface area (Å²) in [5.41, 5.74) is 3.21. The summed E-state index contributed by atoms with van der Waals surface area (Å²) in [5, 5.41) is 3.45. The number of nitrogens with zero attached hydrogens (tertiary/aromatic N) is 2. The van der Waals surface area contributed by atoms with Crippen LogP contribution in [0, 0.1) is 0 Å². The molecule has 0 bridgehead atoms. The molecule has 0 amide bonds. The van der Waals surface area contributed by atoms with Gasteiger partial charge in [-0.2, -0.15) is 0 Å². The summed E-state index contributed by atoms with van der Waals surface area (Å²) in [7, 11) is 0. The molecule has 2 aliphatic heterocycles. The van der Waals surface area contributed by atoms with Gasteiger partial charge in [0.25, 0.3) is 5.56 Å². The van der Waals surface area contributed by atoms with E-state index in [1.807, 2.05) is 19.1 Å². The van der Waals surface area contributed by atoms with Crippen LogP contribution in [0.5, 0.6) is 5.75 Å². The summed E-state index contributed by atoms with van der Waals surface area (Å²) in [6, 6.07) is 4.53. The molecule has 1 aromatic carbocycles. The Hall–Kier alpha value is -1.92. The molecule has 1 atom stereocenters. The van der Waals surface area contributed by atoms with Crippen molar-refractivity contribution in [2.45, 2.75) is 32.4 Å². The van der Waals surface area contributed by atoms with Gasteiger partial charge >= 0.3 is 0 Å². The van der Waals surface area contributed by atoms with Gasteiger partial charge in [0, 0.05) is 43.9 Å². The average Bonchev–Trinajstić information content (AvgIpc) is 2.54. The summed E-state index contributed by atoms with van der Waals surface area (Å²) >= 11 is 0. The van der Waals surface area contributed by atoms with Crippen LogP contribution < -0.4 is 15.6 Å². The smallest absolute Gasteiger partial charge is 0.270 e. The highest BCUT2D eigenvalue weighted by Crippen LogP contribution is 2.28. The van der Waals surface area contributed by atoms with Crippen LogP contribution in [0.2, 0.25) is 0 Å². The maximum absolute atomic E-state index is 12.0. The summed E-state index contributed by atoms with van der Waals surface area (Å²) in [5.74, 6) is 0.899. The minimum atomic E-state index is -0.0910. The molecular weight excluding hydrogens is 292 g/mol. The van der Waals surface area contributed by atoms with Gasteiger partial charge in [0.1, 0.15) is 11.4 Å². The number of nitrogens with one attached hydrogen (secondary N) is 2. The number of piperazine rings is 1. The van der Waals surface area contributed by atoms with E-state index in [1.54, 1.807) is 0 Å². The van der Waals surface area contributed by atoms with Gasteiger partial charge < -0.3 is 15.0 Å². The lowest BCUT2D eigenvalue weighted by molar-refractivity contribution is 0.115. The molecule has 122 valence electrons. The zero-order valence-corrected chi connectivity index (χ0v) is 13.4. The first-order valence-electron chi connectivity index (χ1n) is 8.38. The van der Waals surface area contributed by atoms with Crippen LogP contribution in [-0.4, -0.2) is 47.2 Å². The minimum absolute atomic E-state index is 0.0910. The van der Waals surface area contributed by atoms with E-state index in [0.29, 0.717) is 24.8 Å². The molecule has 1 fully saturated rings. The molecule has 0 radical (unpaired) electrons. The third kappa shape index (κ3) is 2.72. The van der Waals surface area contributed by atoms with Crippen molar-refractivity contribution < 1.29 is 4.74 Å². The summed E-state index contributed by atoms with van der Waals surface area (Å²) in [4.78, 5) is 22.0. The number of hydrogen-bond donors (Lipinski definition) is 2. The molecule has 4 rings (SSSR count). The third-order valence-corrected chi connectivity index (χ3v) is 4.83. The Morgan fingerprint density at radius 1 is 1.43 bits per heavy atom. The number of rotatable bonds is 1. The van der Waals surface area contributed by atoms with E-state index in [9.17, 15) is 4.79 Å². The molecule has 2 N–H and O–H groups in total. The maximum Gasteiger partial charge on any atom is 0.270 e. The predicted octanol–water partition coefficient (Wildman–Crippen LogP) is 1.04. The van der Waals surface area contributed by atoms with Crippen molar-refractivity contribution in [1.29, 1.82) is 0 Å². The largest absolute Gasteiger partial charge is 0.493 e. The van der Waals surface area contributed by atoms with Crippen molar-refractivity contribution in [2.24, 2.45) is 0 Å². The Kier molecular flexibility index (Phi) is 3.79. The van der Waals surface area contributed by atoms with E-state index < -0.39 is 0 Å². The molecule has 1 aromatic heterocycles. The molecule has 2 aromatic rings. The van der Waals surface area contributed by atoms with Gasteiger partial charge in [0.2, 0.25) is 0 Å². The van der Waals surface area contributed by atoms with Crippen LogP contribution in [0.25, 0.3) is 11.0 Å². The van der Waals surface area contributed by atoms with Crippen molar-refractivity contribution in [3.8, 4) is 5.75 Å². The molecule has 0 saturated carbocycles. The van der Waals surface area contributed by atoms with Gasteiger partial charge in [-0.25, -0.2) is 4.98 Å². The Labute approximate surface area is 134 Å². The lowest BCUT2D eigenvalue weighted by Crippen LogP contribution is -2.51. The normalized spacial score (nSPS) is 21.9. The van der Waals surface area contributed by atoms with Crippen LogP contribution in [0.15, 0.2) is 16.9 Å². The monoisotopic (exact) mass is 314 g/mol. The zero-order valence-electron chi connectivity index (χ0n) is 13.4. The zero-order chi connectivity index (χ0) is 15.8. The molecule has 6 heteroatoms. The number of aryl methyl sites for hydroxylation is 1. The first-order chi connectivity index (χ1) is 11.2. The Morgan fingerprint density at radius 2 is 2.35 bits per heavy atom. The second kappa shape index (κ2) is 5.94. The van der Waals surface area contributed by atoms with Crippen LogP contribution in [0.1, 0.15) is 24.6 Å². The highest BCUT2D eigenvalue weighted by molar-refractivity contribution is 5.77. The standard InChI is InChI=1S/C17H22N4O2/c1-2-13-17(22)20-14-7-11-10-21-5-4-18-9-12(21)3-6-23-16(11)8-15(14)19-13/h7-8,12,18H,2-6,9-10H2,1H3,(H,20,22)/t12-/m1/s1. The van der Waals surface area contributed by atoms with Gasteiger partial charge in [-0.1, -0.05) is 6.92 Å². The molecule has 1 saturated heterocycles. The van der Waals surface area contributed by atoms with E-state index >= 15 is 0 Å². The lowest BCUT2D eigenvalue weighted by atomic mass is 10.1. The molecule has 2 aliphatic rings. The maximum atomic E-state index is 12.0. The minimum Gasteiger partial charge on any atom is -0.493 e. The van der Waals surface area contributed by atoms with E-state index in [0.717, 1.165) is 54.9 Å². The molecule has 6 nitrogen and oxygen atoms in total. The second-order valence-corrected chi connectivity index (χ2v) is 6.31. The fourth-order valence-electron chi connectivity index (χ4n) is 3.51. The number of benzene rings is 1. The van der Waals surface area contributed by atoms with E-state index in [-0.39, 0.29) is 5.56 Å². The summed E-state index contributed by atoms with van der Waals surface area (Å²) in [6.45, 7) is 6.60. The first-order valence-corrected chi connectivity index (χ1v) is 8.38. The number of aromatic amines is 1. The molecule has 23 heavy (non-hydrogen) atoms. The highest BCUT2D eigenvalue weighted by atomic mass is 16.5. The molecular formula is C17H22N4O2. The van der Waals surface area contributed by atoms with Gasteiger partial charge in [0.15, 0.2) is 0 Å². The van der Waals surface area contributed by atoms with E-state index in [1.165, 1.54) is 0 Å². The van der Waals surface area contributed by atoms with Gasteiger partial charge in [0.05, 0.1) is 17.6 Å². The number of ether oxygens (including phenoxy) is 1. The second-order valence-electron chi connectivity index (χ2n) is 6.31. The molecule has 0 aliphatic carbocycles. The Bertz CT molecular complexity index is 786. The summed E-state index contributed by atoms with van der Waals surface area (Å²) in [6.07, 6.45) is 1.66. The van der Waals surface area contributed by atoms with Crippen LogP contribution in [-0.2, 0) is 13.0 Å². The van der Waals surface area contributed by atoms with Gasteiger partial charge in [-0.3, -0.25) is 9.69 Å². The van der Waals surface area contributed by atoms with Crippen molar-refractivity contribution in [2.75, 3.05) is 26.2 Å². The van der Waals surface area contributed by atoms with E-state index in [4.69, 9.17) is 4.74 Å². The van der Waals surface area contributed by atoms with Crippen LogP contribution >= 0.6 is 0 Å². The average molecular weight is 314 g/mol. The quantitative estimate of drug-likeness (QED) is 0.823. The Morgan fingerprint density at radius 3 is 3.22 bits per heavy atom. The van der Waals surface area contributed by atoms with Crippen molar-refractivity contribution >= 4 is 11.0 Å². The highest BCUT2D eigenvalue weighted by Gasteiger charge is 2.25. The topological polar surface area (TPSA) is 70.2 Å². The van der Waals surface area contributed by atoms with Gasteiger partial charge in [-0.15, -0.1) is 0 Å². The molecule has 0 spiro atoms. The fourth-order valence-corrected chi connectivity index (χ4v) is 3.51. The lowest BCUT2D eigenvalue weighted by Gasteiger charge is -2.38. The van der Waals surface area contributed by atoms with Crippen molar-refractivity contribution in [1.82, 2.24) is 20.2 Å². The van der Waals surface area contributed by atoms with Crippen molar-refractivity contribution in [3.63, 3.8) is 0 Å². The fraction of sp³-hybridized carbons (Fsp3) is 0.529. The number of fused-ring (bicyclic) bond motifs is 3. The number of aromatic nitrogens is 2. The van der Waals surface area contributed by atoms with E-state index in [2.05, 4.69) is 20.2 Å². The van der Waals surface area contributed by atoms with Crippen molar-refractivity contribution in [3.05, 3.63) is 33.7 Å². The number of H-pyrrole nitrogens is 1. The first kappa shape index (κ1) is 14.7. The molecule has 3 heterocycles. The third-order valence-electron chi connectivity index (χ3n) is 4.83. The number of hydrogen-bond acceptors (Lipinski definition) is 5. The van der Waals surface area contributed by atoms with Crippen LogP contribution in [0.4, 0.5) is 0 Å². The SMILES string of the molecule is CCc1nc2cc3c(cc2[nH]c1=O)CN1CCNC[C@H]1CCO3. The van der Waals surface area contributed by atoms with Crippen LogP contribution in [0.3, 0.4) is 0 Å². The predicted molar refractivity (Wildman–Crippen MR) is 88.9 cm³/mol. The molecule has 0 unspecified atom stereocenters. The van der Waals surface area contributed by atoms with Gasteiger partial charge in [-0.05, 0) is 18.9 Å². The summed E-state index contributed by atoms with van der Waals surface area (Å²) < 4.78 is 6.00.